The molecule has 2 rings (SSSR count). The monoisotopic (exact) mass is 280 g/mol. The highest BCUT2D eigenvalue weighted by Crippen LogP contribution is 2.39. The molecule has 20 heavy (non-hydrogen) atoms. The average Bonchev–Trinajstić information content (AvgIpc) is 2.47. The molecule has 0 amide bonds. The summed E-state index contributed by atoms with van der Waals surface area (Å²) in [5.74, 6) is -1.35. The molecule has 4 nitrogen and oxygen atoms in total. The van der Waals surface area contributed by atoms with Gasteiger partial charge in [0.05, 0.1) is 6.20 Å². The van der Waals surface area contributed by atoms with Crippen LogP contribution in [0.4, 0.5) is 10.2 Å². The number of nitrogens with zero attached hydrogens (tertiary/aromatic N) is 2. The Balaban J connectivity index is 2.21. The van der Waals surface area contributed by atoms with Gasteiger partial charge in [-0.1, -0.05) is 26.7 Å². The van der Waals surface area contributed by atoms with E-state index in [1.54, 1.807) is 0 Å². The number of hydrogen-bond donors (Lipinski definition) is 1. The Morgan fingerprint density at radius 3 is 2.50 bits per heavy atom. The maximum Gasteiger partial charge on any atom is 0.339 e. The number of carboxylic acid groups (broad SMARTS) is 1. The van der Waals surface area contributed by atoms with Crippen molar-refractivity contribution in [3.05, 3.63) is 23.6 Å². The van der Waals surface area contributed by atoms with Crippen molar-refractivity contribution >= 4 is 11.8 Å². The van der Waals surface area contributed by atoms with Gasteiger partial charge < -0.3 is 10.0 Å². The SMILES string of the molecule is CCC1(CC)CCN(c2ncc(F)cc2C(=O)O)CC1. The van der Waals surface area contributed by atoms with Crippen molar-refractivity contribution in [2.24, 2.45) is 5.41 Å². The van der Waals surface area contributed by atoms with E-state index in [4.69, 9.17) is 0 Å². The summed E-state index contributed by atoms with van der Waals surface area (Å²) in [5.41, 5.74) is 0.311. The number of rotatable bonds is 4. The molecule has 110 valence electrons. The highest BCUT2D eigenvalue weighted by Gasteiger charge is 2.32. The van der Waals surface area contributed by atoms with Crippen molar-refractivity contribution in [3.63, 3.8) is 0 Å². The molecule has 1 aliphatic heterocycles. The molecule has 1 aromatic rings. The van der Waals surface area contributed by atoms with Crippen LogP contribution in [0, 0.1) is 11.2 Å². The van der Waals surface area contributed by atoms with E-state index in [1.807, 2.05) is 4.90 Å². The van der Waals surface area contributed by atoms with E-state index >= 15 is 0 Å². The Morgan fingerprint density at radius 2 is 2.00 bits per heavy atom. The van der Waals surface area contributed by atoms with Gasteiger partial charge in [0, 0.05) is 13.1 Å². The van der Waals surface area contributed by atoms with Gasteiger partial charge >= 0.3 is 5.97 Å². The van der Waals surface area contributed by atoms with Crippen LogP contribution in [-0.2, 0) is 0 Å². The summed E-state index contributed by atoms with van der Waals surface area (Å²) in [7, 11) is 0. The average molecular weight is 280 g/mol. The lowest BCUT2D eigenvalue weighted by Gasteiger charge is -2.41. The second-order valence-electron chi connectivity index (χ2n) is 5.52. The molecule has 5 heteroatoms. The molecule has 1 N–H and O–H groups in total. The largest absolute Gasteiger partial charge is 0.478 e. The van der Waals surface area contributed by atoms with Gasteiger partial charge in [-0.25, -0.2) is 14.2 Å². The number of halogens is 1. The molecular weight excluding hydrogens is 259 g/mol. The summed E-state index contributed by atoms with van der Waals surface area (Å²) in [6.45, 7) is 5.97. The fourth-order valence-electron chi connectivity index (χ4n) is 2.99. The molecule has 0 spiro atoms. The fourth-order valence-corrected chi connectivity index (χ4v) is 2.99. The second kappa shape index (κ2) is 5.77. The number of anilines is 1. The maximum atomic E-state index is 13.2. The van der Waals surface area contributed by atoms with E-state index < -0.39 is 11.8 Å². The van der Waals surface area contributed by atoms with Crippen molar-refractivity contribution in [2.45, 2.75) is 39.5 Å². The lowest BCUT2D eigenvalue weighted by molar-refractivity contribution is 0.0696. The Kier molecular flexibility index (Phi) is 4.26. The molecule has 0 atom stereocenters. The quantitative estimate of drug-likeness (QED) is 0.919. The molecule has 0 saturated carbocycles. The van der Waals surface area contributed by atoms with E-state index in [0.29, 0.717) is 11.2 Å². The van der Waals surface area contributed by atoms with Gasteiger partial charge in [-0.3, -0.25) is 0 Å². The first-order chi connectivity index (χ1) is 9.51. The highest BCUT2D eigenvalue weighted by molar-refractivity contribution is 5.93. The molecule has 1 aromatic heterocycles. The van der Waals surface area contributed by atoms with E-state index in [9.17, 15) is 14.3 Å². The summed E-state index contributed by atoms with van der Waals surface area (Å²) in [6.07, 6.45) is 5.42. The van der Waals surface area contributed by atoms with Crippen LogP contribution in [0.25, 0.3) is 0 Å². The molecule has 1 saturated heterocycles. The van der Waals surface area contributed by atoms with Crippen LogP contribution in [-0.4, -0.2) is 29.1 Å². The Morgan fingerprint density at radius 1 is 1.40 bits per heavy atom. The molecule has 0 aliphatic carbocycles. The van der Waals surface area contributed by atoms with Crippen LogP contribution in [0.3, 0.4) is 0 Å². The van der Waals surface area contributed by atoms with Crippen molar-refractivity contribution in [3.8, 4) is 0 Å². The topological polar surface area (TPSA) is 53.4 Å². The molecular formula is C15H21FN2O2. The fraction of sp³-hybridized carbons (Fsp3) is 0.600. The lowest BCUT2D eigenvalue weighted by atomic mass is 9.74. The van der Waals surface area contributed by atoms with Gasteiger partial charge in [0.25, 0.3) is 0 Å². The van der Waals surface area contributed by atoms with Crippen LogP contribution in [0.15, 0.2) is 12.3 Å². The summed E-state index contributed by atoms with van der Waals surface area (Å²) in [4.78, 5) is 17.2. The van der Waals surface area contributed by atoms with Crippen LogP contribution in [0.2, 0.25) is 0 Å². The summed E-state index contributed by atoms with van der Waals surface area (Å²) < 4.78 is 13.2. The zero-order valence-corrected chi connectivity index (χ0v) is 12.0. The van der Waals surface area contributed by atoms with Gasteiger partial charge in [0.15, 0.2) is 0 Å². The van der Waals surface area contributed by atoms with Gasteiger partial charge in [-0.15, -0.1) is 0 Å². The predicted octanol–water partition coefficient (Wildman–Crippen LogP) is 3.33. The summed E-state index contributed by atoms with van der Waals surface area (Å²) in [5, 5.41) is 9.18. The molecule has 1 aliphatic rings. The first-order valence-corrected chi connectivity index (χ1v) is 7.15. The third-order valence-corrected chi connectivity index (χ3v) is 4.69. The van der Waals surface area contributed by atoms with Gasteiger partial charge in [-0.2, -0.15) is 0 Å². The molecule has 0 unspecified atom stereocenters. The Hall–Kier alpha value is -1.65. The minimum Gasteiger partial charge on any atom is -0.478 e. The smallest absolute Gasteiger partial charge is 0.339 e. The standard InChI is InChI=1S/C15H21FN2O2/c1-3-15(4-2)5-7-18(8-6-15)13-12(14(19)20)9-11(16)10-17-13/h9-10H,3-8H2,1-2H3,(H,19,20). The van der Waals surface area contributed by atoms with E-state index in [-0.39, 0.29) is 5.56 Å². The number of pyridine rings is 1. The number of piperidine rings is 1. The maximum absolute atomic E-state index is 13.2. The first kappa shape index (κ1) is 14.8. The second-order valence-corrected chi connectivity index (χ2v) is 5.52. The molecule has 0 bridgehead atoms. The zero-order chi connectivity index (χ0) is 14.8. The van der Waals surface area contributed by atoms with Gasteiger partial charge in [0.1, 0.15) is 17.2 Å². The van der Waals surface area contributed by atoms with Crippen molar-refractivity contribution in [1.29, 1.82) is 0 Å². The third kappa shape index (κ3) is 2.76. The van der Waals surface area contributed by atoms with Gasteiger partial charge in [-0.05, 0) is 24.3 Å². The molecule has 0 radical (unpaired) electrons. The van der Waals surface area contributed by atoms with Crippen LogP contribution < -0.4 is 4.90 Å². The normalized spacial score (nSPS) is 18.1. The van der Waals surface area contributed by atoms with Crippen molar-refractivity contribution in [1.82, 2.24) is 4.98 Å². The number of aromatic carboxylic acids is 1. The highest BCUT2D eigenvalue weighted by atomic mass is 19.1. The Labute approximate surface area is 118 Å². The summed E-state index contributed by atoms with van der Waals surface area (Å²) >= 11 is 0. The minimum absolute atomic E-state index is 0.0505. The van der Waals surface area contributed by atoms with Crippen LogP contribution >= 0.6 is 0 Å². The van der Waals surface area contributed by atoms with Gasteiger partial charge in [0.2, 0.25) is 0 Å². The lowest BCUT2D eigenvalue weighted by Crippen LogP contribution is -2.40. The van der Waals surface area contributed by atoms with Crippen molar-refractivity contribution in [2.75, 3.05) is 18.0 Å². The van der Waals surface area contributed by atoms with Crippen LogP contribution in [0.1, 0.15) is 49.9 Å². The first-order valence-electron chi connectivity index (χ1n) is 7.15. The number of aromatic nitrogens is 1. The summed E-state index contributed by atoms with van der Waals surface area (Å²) in [6, 6.07) is 1.05. The van der Waals surface area contributed by atoms with Crippen LogP contribution in [0.5, 0.6) is 0 Å². The Bertz CT molecular complexity index is 491. The molecule has 0 aromatic carbocycles. The number of hydrogen-bond acceptors (Lipinski definition) is 3. The molecule has 1 fully saturated rings. The zero-order valence-electron chi connectivity index (χ0n) is 12.0. The third-order valence-electron chi connectivity index (χ3n) is 4.69. The number of carbonyl (C=O) groups is 1. The van der Waals surface area contributed by atoms with E-state index in [0.717, 1.165) is 51.0 Å². The number of carboxylic acids is 1. The van der Waals surface area contributed by atoms with Crippen molar-refractivity contribution < 1.29 is 14.3 Å². The molecule has 2 heterocycles. The van der Waals surface area contributed by atoms with E-state index in [2.05, 4.69) is 18.8 Å². The predicted molar refractivity (Wildman–Crippen MR) is 75.6 cm³/mol. The minimum atomic E-state index is -1.13. The van der Waals surface area contributed by atoms with E-state index in [1.165, 1.54) is 0 Å².